The minimum Gasteiger partial charge on any atom is -0.459 e. The third kappa shape index (κ3) is 3.64. The summed E-state index contributed by atoms with van der Waals surface area (Å²) >= 11 is 3.58. The molecule has 5 rings (SSSR count). The molecule has 0 saturated heterocycles. The molecule has 29 heavy (non-hydrogen) atoms. The van der Waals surface area contributed by atoms with Crippen LogP contribution >= 0.6 is 22.7 Å². The minimum absolute atomic E-state index is 0.0261. The zero-order valence-corrected chi connectivity index (χ0v) is 17.8. The maximum Gasteiger partial charge on any atom is 0.234 e. The van der Waals surface area contributed by atoms with Gasteiger partial charge in [-0.3, -0.25) is 9.69 Å². The van der Waals surface area contributed by atoms with Crippen LogP contribution in [0.2, 0.25) is 0 Å². The molecule has 148 valence electrons. The predicted octanol–water partition coefficient (Wildman–Crippen LogP) is 5.38. The molecular formula is C23H22N2O2S2. The molecule has 0 bridgehead atoms. The van der Waals surface area contributed by atoms with Crippen molar-refractivity contribution < 1.29 is 9.21 Å². The number of benzene rings is 1. The Morgan fingerprint density at radius 3 is 2.93 bits per heavy atom. The Labute approximate surface area is 177 Å². The highest BCUT2D eigenvalue weighted by Crippen LogP contribution is 2.39. The van der Waals surface area contributed by atoms with Gasteiger partial charge in [-0.2, -0.15) is 0 Å². The number of hydrogen-bond acceptors (Lipinski definition) is 5. The number of furan rings is 1. The molecular weight excluding hydrogens is 400 g/mol. The summed E-state index contributed by atoms with van der Waals surface area (Å²) in [6, 6.07) is 16.4. The molecule has 1 aromatic carbocycles. The van der Waals surface area contributed by atoms with Crippen LogP contribution in [-0.2, 0) is 11.2 Å². The smallest absolute Gasteiger partial charge is 0.234 e. The molecule has 0 spiro atoms. The van der Waals surface area contributed by atoms with Crippen molar-refractivity contribution in [1.82, 2.24) is 10.2 Å². The number of nitrogens with zero attached hydrogens (tertiary/aromatic N) is 1. The van der Waals surface area contributed by atoms with Gasteiger partial charge in [0.15, 0.2) is 0 Å². The molecule has 1 N–H and O–H groups in total. The third-order valence-corrected chi connectivity index (χ3v) is 7.40. The fourth-order valence-corrected chi connectivity index (χ4v) is 5.86. The van der Waals surface area contributed by atoms with Crippen molar-refractivity contribution in [1.29, 1.82) is 0 Å². The van der Waals surface area contributed by atoms with Crippen molar-refractivity contribution in [3.8, 4) is 0 Å². The van der Waals surface area contributed by atoms with Crippen LogP contribution in [0.5, 0.6) is 0 Å². The zero-order valence-electron chi connectivity index (χ0n) is 16.1. The lowest BCUT2D eigenvalue weighted by Crippen LogP contribution is -2.43. The lowest BCUT2D eigenvalue weighted by molar-refractivity contribution is -0.123. The number of fused-ring (bicyclic) bond motifs is 2. The quantitative estimate of drug-likeness (QED) is 0.470. The molecule has 0 fully saturated rings. The van der Waals surface area contributed by atoms with Crippen molar-refractivity contribution in [3.05, 3.63) is 80.4 Å². The monoisotopic (exact) mass is 422 g/mol. The number of carbonyl (C=O) groups excluding carboxylic acids is 1. The summed E-state index contributed by atoms with van der Waals surface area (Å²) in [5, 5.41) is 8.45. The van der Waals surface area contributed by atoms with Gasteiger partial charge < -0.3 is 9.73 Å². The Hall–Kier alpha value is -2.41. The molecule has 4 nitrogen and oxygen atoms in total. The van der Waals surface area contributed by atoms with E-state index in [2.05, 4.69) is 39.2 Å². The Balaban J connectivity index is 1.32. The van der Waals surface area contributed by atoms with Gasteiger partial charge in [0.25, 0.3) is 0 Å². The molecule has 0 radical (unpaired) electrons. The second-order valence-corrected chi connectivity index (χ2v) is 9.39. The number of para-hydroxylation sites is 1. The number of nitrogens with one attached hydrogen (secondary N) is 1. The topological polar surface area (TPSA) is 45.5 Å². The fraction of sp³-hybridized carbons (Fsp3) is 0.261. The Morgan fingerprint density at radius 2 is 2.10 bits per heavy atom. The third-order valence-electron chi connectivity index (χ3n) is 5.47. The van der Waals surface area contributed by atoms with Crippen molar-refractivity contribution in [2.75, 3.05) is 13.1 Å². The van der Waals surface area contributed by atoms with E-state index in [0.717, 1.165) is 29.7 Å². The van der Waals surface area contributed by atoms with Gasteiger partial charge in [-0.1, -0.05) is 24.3 Å². The largest absolute Gasteiger partial charge is 0.459 e. The first-order valence-corrected chi connectivity index (χ1v) is 11.6. The van der Waals surface area contributed by atoms with E-state index in [0.29, 0.717) is 6.54 Å². The van der Waals surface area contributed by atoms with Gasteiger partial charge >= 0.3 is 0 Å². The molecule has 6 heteroatoms. The Bertz CT molecular complexity index is 1100. The molecule has 4 aromatic rings. The van der Waals surface area contributed by atoms with Gasteiger partial charge in [0, 0.05) is 21.7 Å². The molecule has 0 saturated carbocycles. The second kappa shape index (κ2) is 7.78. The van der Waals surface area contributed by atoms with E-state index in [-0.39, 0.29) is 18.0 Å². The zero-order chi connectivity index (χ0) is 19.8. The van der Waals surface area contributed by atoms with E-state index < -0.39 is 0 Å². The van der Waals surface area contributed by atoms with Crippen LogP contribution in [-0.4, -0.2) is 23.9 Å². The van der Waals surface area contributed by atoms with E-state index in [9.17, 15) is 4.79 Å². The Morgan fingerprint density at radius 1 is 1.21 bits per heavy atom. The van der Waals surface area contributed by atoms with Gasteiger partial charge in [0.1, 0.15) is 11.3 Å². The van der Waals surface area contributed by atoms with Crippen LogP contribution < -0.4 is 5.32 Å². The number of thiophene rings is 2. The highest BCUT2D eigenvalue weighted by atomic mass is 32.1. The van der Waals surface area contributed by atoms with Crippen LogP contribution in [0.3, 0.4) is 0 Å². The van der Waals surface area contributed by atoms with Crippen LogP contribution in [0.25, 0.3) is 11.0 Å². The molecule has 1 aliphatic heterocycles. The van der Waals surface area contributed by atoms with Crippen LogP contribution in [0.1, 0.15) is 40.1 Å². The van der Waals surface area contributed by atoms with Crippen LogP contribution in [0.15, 0.2) is 63.7 Å². The van der Waals surface area contributed by atoms with Crippen LogP contribution in [0.4, 0.5) is 0 Å². The summed E-state index contributed by atoms with van der Waals surface area (Å²) in [7, 11) is 0. The Kier molecular flexibility index (Phi) is 4.99. The minimum atomic E-state index is -0.170. The molecule has 3 aromatic heterocycles. The predicted molar refractivity (Wildman–Crippen MR) is 119 cm³/mol. The van der Waals surface area contributed by atoms with E-state index in [1.165, 1.54) is 15.3 Å². The van der Waals surface area contributed by atoms with Gasteiger partial charge in [0.2, 0.25) is 5.91 Å². The van der Waals surface area contributed by atoms with E-state index in [1.54, 1.807) is 11.3 Å². The first-order chi connectivity index (χ1) is 14.2. The summed E-state index contributed by atoms with van der Waals surface area (Å²) in [4.78, 5) is 17.9. The highest BCUT2D eigenvalue weighted by molar-refractivity contribution is 7.10. The van der Waals surface area contributed by atoms with Gasteiger partial charge in [-0.25, -0.2) is 0 Å². The molecule has 2 unspecified atom stereocenters. The summed E-state index contributed by atoms with van der Waals surface area (Å²) in [5.41, 5.74) is 2.20. The number of rotatable bonds is 5. The van der Waals surface area contributed by atoms with E-state index >= 15 is 0 Å². The lowest BCUT2D eigenvalue weighted by Gasteiger charge is -2.35. The first kappa shape index (κ1) is 18.6. The molecule has 0 aliphatic carbocycles. The van der Waals surface area contributed by atoms with E-state index in [4.69, 9.17) is 4.42 Å². The van der Waals surface area contributed by atoms with Gasteiger partial charge in [-0.15, -0.1) is 22.7 Å². The number of carbonyl (C=O) groups is 1. The maximum atomic E-state index is 12.9. The average Bonchev–Trinajstić information content (AvgIpc) is 3.47. The summed E-state index contributed by atoms with van der Waals surface area (Å²) in [6.45, 7) is 3.24. The summed E-state index contributed by atoms with van der Waals surface area (Å²) in [6.07, 6.45) is 1.00. The van der Waals surface area contributed by atoms with Crippen molar-refractivity contribution in [2.24, 2.45) is 0 Å². The highest BCUT2D eigenvalue weighted by Gasteiger charge is 2.31. The fourth-order valence-electron chi connectivity index (χ4n) is 4.08. The summed E-state index contributed by atoms with van der Waals surface area (Å²) < 4.78 is 5.91. The van der Waals surface area contributed by atoms with Crippen molar-refractivity contribution in [2.45, 2.75) is 25.4 Å². The maximum absolute atomic E-state index is 12.9. The lowest BCUT2D eigenvalue weighted by atomic mass is 9.98. The molecule has 4 heterocycles. The molecule has 2 atom stereocenters. The standard InChI is InChI=1S/C23H22N2O2S2/c1-15(19-13-16-5-2-3-6-18(16)27-19)24-22(26)14-25-10-8-20-17(9-12-29-20)23(25)21-7-4-11-28-21/h2-7,9,11-13,15,23H,8,10,14H2,1H3,(H,24,26). The van der Waals surface area contributed by atoms with Gasteiger partial charge in [-0.05, 0) is 53.9 Å². The van der Waals surface area contributed by atoms with Crippen molar-refractivity contribution >= 4 is 39.5 Å². The van der Waals surface area contributed by atoms with Crippen molar-refractivity contribution in [3.63, 3.8) is 0 Å². The second-order valence-electron chi connectivity index (χ2n) is 7.41. The molecule has 1 amide bonds. The van der Waals surface area contributed by atoms with Crippen LogP contribution in [0, 0.1) is 0 Å². The summed E-state index contributed by atoms with van der Waals surface area (Å²) in [5.74, 6) is 0.811. The average molecular weight is 423 g/mol. The molecule has 1 aliphatic rings. The van der Waals surface area contributed by atoms with E-state index in [1.807, 2.05) is 48.6 Å². The first-order valence-electron chi connectivity index (χ1n) is 9.80. The number of hydrogen-bond donors (Lipinski definition) is 1. The normalized spacial score (nSPS) is 17.9. The number of amides is 1. The SMILES string of the molecule is CC(NC(=O)CN1CCc2sccc2C1c1cccs1)c1cc2ccccc2o1. The van der Waals surface area contributed by atoms with Gasteiger partial charge in [0.05, 0.1) is 18.6 Å².